The zero-order valence-electron chi connectivity index (χ0n) is 15.4. The van der Waals surface area contributed by atoms with E-state index in [1.54, 1.807) is 24.6 Å². The fourth-order valence-corrected chi connectivity index (χ4v) is 14.5. The van der Waals surface area contributed by atoms with Gasteiger partial charge in [0, 0.05) is 0 Å². The molecule has 23 heavy (non-hydrogen) atoms. The number of hydrogen-bond acceptors (Lipinski definition) is 3. The summed E-state index contributed by atoms with van der Waals surface area (Å²) in [4.78, 5) is 1.16. The van der Waals surface area contributed by atoms with E-state index in [4.69, 9.17) is 9.47 Å². The first-order chi connectivity index (χ1) is 11.3. The van der Waals surface area contributed by atoms with Gasteiger partial charge < -0.3 is 9.47 Å². The molecule has 134 valence electrons. The van der Waals surface area contributed by atoms with Gasteiger partial charge in [0.15, 0.2) is 6.29 Å². The van der Waals surface area contributed by atoms with Crippen molar-refractivity contribution < 1.29 is 9.47 Å². The average molecular weight is 447 g/mol. The third kappa shape index (κ3) is 10.1. The van der Waals surface area contributed by atoms with Crippen molar-refractivity contribution in [2.45, 2.75) is 78.9 Å². The van der Waals surface area contributed by atoms with Crippen molar-refractivity contribution >= 4 is 31.1 Å². The molecule has 1 aliphatic rings. The fourth-order valence-electron chi connectivity index (χ4n) is 2.86. The van der Waals surface area contributed by atoms with Gasteiger partial charge in [0.25, 0.3) is 0 Å². The van der Waals surface area contributed by atoms with Gasteiger partial charge in [-0.3, -0.25) is 0 Å². The second-order valence-electron chi connectivity index (χ2n) is 6.38. The fraction of sp³-hybridized carbons (Fsp3) is 0.789. The Bertz CT molecular complexity index is 331. The molecule has 0 unspecified atom stereocenters. The number of ether oxygens (including phenoxy) is 2. The molecule has 1 aromatic heterocycles. The number of unbranched alkanes of at least 4 members (excludes halogenated alkanes) is 3. The van der Waals surface area contributed by atoms with Crippen molar-refractivity contribution in [1.29, 1.82) is 0 Å². The van der Waals surface area contributed by atoms with Crippen LogP contribution in [0.1, 0.15) is 70.5 Å². The van der Waals surface area contributed by atoms with Crippen LogP contribution in [0.2, 0.25) is 13.3 Å². The van der Waals surface area contributed by atoms with E-state index < -0.39 is 19.8 Å². The van der Waals surface area contributed by atoms with Crippen LogP contribution in [0.4, 0.5) is 0 Å². The summed E-state index contributed by atoms with van der Waals surface area (Å²) in [6, 6.07) is 4.03. The molecular weight excluding hydrogens is 411 g/mol. The number of thiophene rings is 1. The Morgan fingerprint density at radius 3 is 1.87 bits per heavy atom. The first-order valence-electron chi connectivity index (χ1n) is 9.58. The van der Waals surface area contributed by atoms with Crippen LogP contribution in [-0.4, -0.2) is 33.0 Å². The Morgan fingerprint density at radius 1 is 0.957 bits per heavy atom. The molecule has 0 spiro atoms. The molecule has 1 aliphatic heterocycles. The standard InChI is InChI=1S/C7H8O2S.3C4H9.Sn.H/c1-2-6(10-5-1)7-8-3-4-9-7;3*1-3-4-2;;/h1-2,5,7H,3-4H2;3*1,3-4H2,2H3;;. The molecule has 1 saturated heterocycles. The summed E-state index contributed by atoms with van der Waals surface area (Å²) in [5.74, 6) is 0. The zero-order valence-corrected chi connectivity index (χ0v) is 19.5. The Labute approximate surface area is 154 Å². The maximum atomic E-state index is 5.29. The van der Waals surface area contributed by atoms with Crippen LogP contribution in [0, 0.1) is 0 Å². The summed E-state index contributed by atoms with van der Waals surface area (Å²) in [6.45, 7) is 8.46. The molecule has 0 aliphatic carbocycles. The van der Waals surface area contributed by atoms with Crippen LogP contribution in [-0.2, 0) is 9.47 Å². The third-order valence-electron chi connectivity index (χ3n) is 4.30. The summed E-state index contributed by atoms with van der Waals surface area (Å²) >= 11 is 0.703. The molecule has 0 aromatic carbocycles. The molecule has 0 N–H and O–H groups in total. The smallest absolute Gasteiger partial charge is 0.193 e. The Hall–Kier alpha value is 0.419. The van der Waals surface area contributed by atoms with Crippen molar-refractivity contribution in [1.82, 2.24) is 0 Å². The van der Waals surface area contributed by atoms with Gasteiger partial charge in [0.05, 0.1) is 18.1 Å². The van der Waals surface area contributed by atoms with Crippen molar-refractivity contribution in [3.05, 3.63) is 22.4 Å². The van der Waals surface area contributed by atoms with Crippen molar-refractivity contribution in [2.75, 3.05) is 13.2 Å². The van der Waals surface area contributed by atoms with E-state index in [1.807, 2.05) is 17.5 Å². The van der Waals surface area contributed by atoms with Crippen LogP contribution in [0.5, 0.6) is 0 Å². The molecule has 0 atom stereocenters. The second-order valence-corrected chi connectivity index (χ2v) is 17.2. The van der Waals surface area contributed by atoms with E-state index >= 15 is 0 Å². The maximum absolute atomic E-state index is 5.29. The minimum atomic E-state index is -0.967. The van der Waals surface area contributed by atoms with Gasteiger partial charge in [-0.25, -0.2) is 0 Å². The van der Waals surface area contributed by atoms with Gasteiger partial charge in [0.2, 0.25) is 0 Å². The van der Waals surface area contributed by atoms with Crippen LogP contribution in [0.15, 0.2) is 17.5 Å². The number of rotatable bonds is 10. The maximum Gasteiger partial charge on any atom is 0.193 e. The third-order valence-corrected chi connectivity index (χ3v) is 15.7. The van der Waals surface area contributed by atoms with Crippen molar-refractivity contribution in [3.8, 4) is 0 Å². The Morgan fingerprint density at radius 2 is 1.48 bits per heavy atom. The Balaban J connectivity index is 0.000000235. The van der Waals surface area contributed by atoms with E-state index in [0.29, 0.717) is 0 Å². The van der Waals surface area contributed by atoms with Gasteiger partial charge in [-0.2, -0.15) is 0 Å². The summed E-state index contributed by atoms with van der Waals surface area (Å²) in [5, 5.41) is 2.03. The van der Waals surface area contributed by atoms with Crippen molar-refractivity contribution in [2.24, 2.45) is 0 Å². The van der Waals surface area contributed by atoms with Gasteiger partial charge in [-0.15, -0.1) is 11.3 Å². The first-order valence-corrected chi connectivity index (χ1v) is 17.4. The van der Waals surface area contributed by atoms with Gasteiger partial charge >= 0.3 is 92.4 Å². The van der Waals surface area contributed by atoms with Crippen LogP contribution in [0.25, 0.3) is 0 Å². The van der Waals surface area contributed by atoms with Gasteiger partial charge in [-0.1, -0.05) is 6.07 Å². The topological polar surface area (TPSA) is 18.5 Å². The van der Waals surface area contributed by atoms with E-state index in [0.717, 1.165) is 18.1 Å². The van der Waals surface area contributed by atoms with Crippen LogP contribution in [0.3, 0.4) is 0 Å². The quantitative estimate of drug-likeness (QED) is 0.386. The molecule has 1 aromatic rings. The molecule has 0 amide bonds. The predicted molar refractivity (Wildman–Crippen MR) is 105 cm³/mol. The molecule has 2 rings (SSSR count). The normalized spacial score (nSPS) is 15.0. The van der Waals surface area contributed by atoms with E-state index in [-0.39, 0.29) is 6.29 Å². The predicted octanol–water partition coefficient (Wildman–Crippen LogP) is 6.41. The first kappa shape index (κ1) is 21.5. The molecule has 2 nitrogen and oxygen atoms in total. The average Bonchev–Trinajstić information content (AvgIpc) is 3.27. The second kappa shape index (κ2) is 14.7. The minimum Gasteiger partial charge on any atom is -0.345 e. The minimum absolute atomic E-state index is 0.0833. The van der Waals surface area contributed by atoms with Crippen molar-refractivity contribution in [3.63, 3.8) is 0 Å². The molecule has 0 bridgehead atoms. The van der Waals surface area contributed by atoms with Crippen LogP contribution < -0.4 is 0 Å². The Kier molecular flexibility index (Phi) is 13.8. The van der Waals surface area contributed by atoms with E-state index in [9.17, 15) is 0 Å². The SMILES string of the molecule is CCC[CH2][SnH]([CH2]CCC)[CH2]CCC.c1csc(C2OCCO2)c1. The molecule has 1 fully saturated rings. The molecule has 2 heterocycles. The zero-order chi connectivity index (χ0) is 16.8. The van der Waals surface area contributed by atoms with Gasteiger partial charge in [0.1, 0.15) is 0 Å². The summed E-state index contributed by atoms with van der Waals surface area (Å²) in [6.07, 6.45) is 8.79. The molecule has 4 heteroatoms. The molecule has 0 radical (unpaired) electrons. The summed E-state index contributed by atoms with van der Waals surface area (Å²) in [7, 11) is 0. The number of hydrogen-bond donors (Lipinski definition) is 0. The van der Waals surface area contributed by atoms with Gasteiger partial charge in [-0.05, 0) is 11.4 Å². The monoisotopic (exact) mass is 448 g/mol. The largest absolute Gasteiger partial charge is 0.345 e. The summed E-state index contributed by atoms with van der Waals surface area (Å²) < 4.78 is 15.6. The molecular formula is C19H36O2SSn. The van der Waals surface area contributed by atoms with E-state index in [1.165, 1.54) is 38.5 Å². The summed E-state index contributed by atoms with van der Waals surface area (Å²) in [5.41, 5.74) is 0. The van der Waals surface area contributed by atoms with Crippen LogP contribution >= 0.6 is 11.3 Å². The van der Waals surface area contributed by atoms with E-state index in [2.05, 4.69) is 20.8 Å². The molecule has 0 saturated carbocycles.